The standard InChI is InChI=1S/C14H29NO/c1-10(2)14(16)7-8-15-13-6-5-11(3)9-12(13)4/h10-16H,5-9H2,1-4H3. The van der Waals surface area contributed by atoms with Crippen molar-refractivity contribution in [2.45, 2.75) is 65.5 Å². The molecule has 2 nitrogen and oxygen atoms in total. The molecule has 0 aromatic rings. The minimum Gasteiger partial charge on any atom is -0.393 e. The van der Waals surface area contributed by atoms with Crippen LogP contribution < -0.4 is 5.32 Å². The number of hydrogen-bond acceptors (Lipinski definition) is 2. The molecule has 2 N–H and O–H groups in total. The fourth-order valence-corrected chi connectivity index (χ4v) is 2.72. The summed E-state index contributed by atoms with van der Waals surface area (Å²) >= 11 is 0. The van der Waals surface area contributed by atoms with Gasteiger partial charge in [0.15, 0.2) is 0 Å². The van der Waals surface area contributed by atoms with Crippen LogP contribution in [-0.2, 0) is 0 Å². The lowest BCUT2D eigenvalue weighted by atomic mass is 9.80. The van der Waals surface area contributed by atoms with E-state index in [0.29, 0.717) is 12.0 Å². The SMILES string of the molecule is CC1CCC(NCCC(O)C(C)C)C(C)C1. The zero-order valence-electron chi connectivity index (χ0n) is 11.4. The van der Waals surface area contributed by atoms with Gasteiger partial charge in [0.2, 0.25) is 0 Å². The quantitative estimate of drug-likeness (QED) is 0.757. The van der Waals surface area contributed by atoms with E-state index >= 15 is 0 Å². The largest absolute Gasteiger partial charge is 0.393 e. The summed E-state index contributed by atoms with van der Waals surface area (Å²) in [7, 11) is 0. The summed E-state index contributed by atoms with van der Waals surface area (Å²) in [6.07, 6.45) is 4.75. The van der Waals surface area contributed by atoms with Crippen molar-refractivity contribution < 1.29 is 5.11 Å². The van der Waals surface area contributed by atoms with E-state index in [1.807, 2.05) is 0 Å². The molecule has 0 amide bonds. The van der Waals surface area contributed by atoms with Gasteiger partial charge < -0.3 is 10.4 Å². The van der Waals surface area contributed by atoms with Crippen LogP contribution in [0.15, 0.2) is 0 Å². The van der Waals surface area contributed by atoms with E-state index < -0.39 is 0 Å². The molecule has 0 heterocycles. The van der Waals surface area contributed by atoms with Crippen molar-refractivity contribution in [3.63, 3.8) is 0 Å². The van der Waals surface area contributed by atoms with E-state index in [1.54, 1.807) is 0 Å². The third-order valence-electron chi connectivity index (χ3n) is 4.05. The fourth-order valence-electron chi connectivity index (χ4n) is 2.72. The molecule has 1 rings (SSSR count). The predicted molar refractivity (Wildman–Crippen MR) is 69.4 cm³/mol. The van der Waals surface area contributed by atoms with E-state index in [1.165, 1.54) is 19.3 Å². The third kappa shape index (κ3) is 4.42. The molecule has 96 valence electrons. The van der Waals surface area contributed by atoms with Gasteiger partial charge in [0.05, 0.1) is 6.10 Å². The molecule has 4 atom stereocenters. The van der Waals surface area contributed by atoms with Gasteiger partial charge in [-0.05, 0) is 50.0 Å². The second-order valence-corrected chi connectivity index (χ2v) is 6.06. The molecule has 2 heteroatoms. The molecule has 1 aliphatic rings. The summed E-state index contributed by atoms with van der Waals surface area (Å²) in [5.41, 5.74) is 0. The molecule has 0 saturated heterocycles. The Morgan fingerprint density at radius 2 is 1.94 bits per heavy atom. The molecule has 0 bridgehead atoms. The lowest BCUT2D eigenvalue weighted by Gasteiger charge is -2.33. The number of nitrogens with one attached hydrogen (secondary N) is 1. The van der Waals surface area contributed by atoms with Crippen LogP contribution in [0, 0.1) is 17.8 Å². The van der Waals surface area contributed by atoms with Crippen molar-refractivity contribution in [3.05, 3.63) is 0 Å². The second kappa shape index (κ2) is 6.61. The highest BCUT2D eigenvalue weighted by Gasteiger charge is 2.24. The molecule has 16 heavy (non-hydrogen) atoms. The molecule has 1 fully saturated rings. The summed E-state index contributed by atoms with van der Waals surface area (Å²) in [6.45, 7) is 9.83. The number of aliphatic hydroxyl groups excluding tert-OH is 1. The monoisotopic (exact) mass is 227 g/mol. The molecule has 1 aliphatic carbocycles. The molecule has 0 radical (unpaired) electrons. The zero-order valence-corrected chi connectivity index (χ0v) is 11.4. The zero-order chi connectivity index (χ0) is 12.1. The highest BCUT2D eigenvalue weighted by atomic mass is 16.3. The highest BCUT2D eigenvalue weighted by molar-refractivity contribution is 4.81. The first-order valence-corrected chi connectivity index (χ1v) is 6.92. The number of hydrogen-bond donors (Lipinski definition) is 2. The summed E-state index contributed by atoms with van der Waals surface area (Å²) in [5, 5.41) is 13.3. The molecular weight excluding hydrogens is 198 g/mol. The van der Waals surface area contributed by atoms with Crippen LogP contribution >= 0.6 is 0 Å². The van der Waals surface area contributed by atoms with Crippen molar-refractivity contribution in [1.29, 1.82) is 0 Å². The minimum absolute atomic E-state index is 0.148. The first-order chi connectivity index (χ1) is 7.50. The van der Waals surface area contributed by atoms with E-state index in [-0.39, 0.29) is 6.10 Å². The van der Waals surface area contributed by atoms with E-state index in [4.69, 9.17) is 0 Å². The minimum atomic E-state index is -0.148. The van der Waals surface area contributed by atoms with Gasteiger partial charge in [0.25, 0.3) is 0 Å². The van der Waals surface area contributed by atoms with Crippen LogP contribution in [0.5, 0.6) is 0 Å². The van der Waals surface area contributed by atoms with Gasteiger partial charge in [-0.3, -0.25) is 0 Å². The average Bonchev–Trinajstić information content (AvgIpc) is 2.20. The summed E-state index contributed by atoms with van der Waals surface area (Å²) < 4.78 is 0. The molecule has 0 spiro atoms. The van der Waals surface area contributed by atoms with Gasteiger partial charge in [0.1, 0.15) is 0 Å². The maximum absolute atomic E-state index is 9.72. The van der Waals surface area contributed by atoms with Crippen LogP contribution in [0.25, 0.3) is 0 Å². The first-order valence-electron chi connectivity index (χ1n) is 6.92. The van der Waals surface area contributed by atoms with Crippen LogP contribution in [-0.4, -0.2) is 23.8 Å². The molecule has 1 saturated carbocycles. The van der Waals surface area contributed by atoms with E-state index in [0.717, 1.165) is 24.8 Å². The van der Waals surface area contributed by atoms with Gasteiger partial charge in [-0.25, -0.2) is 0 Å². The summed E-state index contributed by atoms with van der Waals surface area (Å²) in [4.78, 5) is 0. The summed E-state index contributed by atoms with van der Waals surface area (Å²) in [6, 6.07) is 0.676. The fraction of sp³-hybridized carbons (Fsp3) is 1.00. The van der Waals surface area contributed by atoms with Crippen molar-refractivity contribution >= 4 is 0 Å². The van der Waals surface area contributed by atoms with Crippen molar-refractivity contribution in [1.82, 2.24) is 5.32 Å². The Kier molecular flexibility index (Phi) is 5.77. The van der Waals surface area contributed by atoms with Gasteiger partial charge in [-0.1, -0.05) is 27.7 Å². The number of rotatable bonds is 5. The second-order valence-electron chi connectivity index (χ2n) is 6.06. The normalized spacial score (nSPS) is 33.0. The Morgan fingerprint density at radius 1 is 1.25 bits per heavy atom. The van der Waals surface area contributed by atoms with E-state index in [2.05, 4.69) is 33.0 Å². The smallest absolute Gasteiger partial charge is 0.0575 e. The maximum atomic E-state index is 9.72. The van der Waals surface area contributed by atoms with Gasteiger partial charge >= 0.3 is 0 Å². The molecule has 0 aliphatic heterocycles. The molecule has 0 aromatic heterocycles. The summed E-state index contributed by atoms with van der Waals surface area (Å²) in [5.74, 6) is 2.07. The molecule has 0 aromatic carbocycles. The van der Waals surface area contributed by atoms with Crippen molar-refractivity contribution in [2.75, 3.05) is 6.54 Å². The van der Waals surface area contributed by atoms with Crippen LogP contribution in [0.2, 0.25) is 0 Å². The Labute approximate surface area is 101 Å². The third-order valence-corrected chi connectivity index (χ3v) is 4.05. The lowest BCUT2D eigenvalue weighted by molar-refractivity contribution is 0.112. The topological polar surface area (TPSA) is 32.3 Å². The van der Waals surface area contributed by atoms with Crippen LogP contribution in [0.1, 0.15) is 53.4 Å². The Bertz CT molecular complexity index is 193. The Morgan fingerprint density at radius 3 is 2.50 bits per heavy atom. The van der Waals surface area contributed by atoms with Gasteiger partial charge in [0, 0.05) is 6.04 Å². The number of aliphatic hydroxyl groups is 1. The predicted octanol–water partition coefficient (Wildman–Crippen LogP) is 2.81. The van der Waals surface area contributed by atoms with Gasteiger partial charge in [-0.2, -0.15) is 0 Å². The average molecular weight is 227 g/mol. The van der Waals surface area contributed by atoms with Gasteiger partial charge in [-0.15, -0.1) is 0 Å². The Hall–Kier alpha value is -0.0800. The van der Waals surface area contributed by atoms with Crippen molar-refractivity contribution in [3.8, 4) is 0 Å². The van der Waals surface area contributed by atoms with Crippen molar-refractivity contribution in [2.24, 2.45) is 17.8 Å². The van der Waals surface area contributed by atoms with Crippen LogP contribution in [0.3, 0.4) is 0 Å². The first kappa shape index (κ1) is 14.0. The van der Waals surface area contributed by atoms with E-state index in [9.17, 15) is 5.11 Å². The molecule has 4 unspecified atom stereocenters. The lowest BCUT2D eigenvalue weighted by Crippen LogP contribution is -2.40. The van der Waals surface area contributed by atoms with Crippen LogP contribution in [0.4, 0.5) is 0 Å². The highest BCUT2D eigenvalue weighted by Crippen LogP contribution is 2.28. The maximum Gasteiger partial charge on any atom is 0.0575 e. The Balaban J connectivity index is 2.17. The molecular formula is C14H29NO.